The molecular formula is C19H25N3O3. The molecule has 134 valence electrons. The van der Waals surface area contributed by atoms with Crippen LogP contribution in [0.3, 0.4) is 0 Å². The molecule has 0 radical (unpaired) electrons. The highest BCUT2D eigenvalue weighted by atomic mass is 16.5. The molecule has 0 aromatic heterocycles. The van der Waals surface area contributed by atoms with E-state index in [-0.39, 0.29) is 24.1 Å². The van der Waals surface area contributed by atoms with Gasteiger partial charge in [0.1, 0.15) is 0 Å². The average molecular weight is 343 g/mol. The van der Waals surface area contributed by atoms with Crippen LogP contribution in [0.15, 0.2) is 52.2 Å². The summed E-state index contributed by atoms with van der Waals surface area (Å²) < 4.78 is 5.04. The Morgan fingerprint density at radius 1 is 1.32 bits per heavy atom. The summed E-state index contributed by atoms with van der Waals surface area (Å²) in [5.41, 5.74) is 2.21. The molecule has 25 heavy (non-hydrogen) atoms. The lowest BCUT2D eigenvalue weighted by molar-refractivity contribution is -0.138. The molecule has 1 aliphatic carbocycles. The van der Waals surface area contributed by atoms with Crippen molar-refractivity contribution >= 4 is 11.5 Å². The van der Waals surface area contributed by atoms with Crippen LogP contribution in [0.4, 0.5) is 0 Å². The number of nitrogens with zero attached hydrogens (tertiary/aromatic N) is 3. The molecule has 1 saturated carbocycles. The van der Waals surface area contributed by atoms with Crippen LogP contribution < -0.4 is 0 Å². The molecule has 0 unspecified atom stereocenters. The number of carbonyl (C=O) groups excluding carboxylic acids is 1. The lowest BCUT2D eigenvalue weighted by Gasteiger charge is -2.14. The standard InChI is InChI=1S/C19H25N3O3/c1-5-25-19(24)17(21-20-15-10-11-15)18(23)16(12-22(3)4)14-8-6-13(2)7-9-14/h6-9,12,15,23H,5,10-11H2,1-4H3/b16-12?,18-17+,21-20?. The van der Waals surface area contributed by atoms with E-state index < -0.39 is 5.97 Å². The summed E-state index contributed by atoms with van der Waals surface area (Å²) in [4.78, 5) is 14.1. The minimum atomic E-state index is -0.679. The number of aliphatic hydroxyl groups excluding tert-OH is 1. The Morgan fingerprint density at radius 2 is 1.96 bits per heavy atom. The molecular weight excluding hydrogens is 318 g/mol. The van der Waals surface area contributed by atoms with Gasteiger partial charge in [0.2, 0.25) is 5.70 Å². The third kappa shape index (κ3) is 5.45. The highest BCUT2D eigenvalue weighted by molar-refractivity contribution is 5.93. The van der Waals surface area contributed by atoms with E-state index in [0.29, 0.717) is 5.57 Å². The van der Waals surface area contributed by atoms with Gasteiger partial charge in [0.25, 0.3) is 0 Å². The zero-order valence-electron chi connectivity index (χ0n) is 15.2. The van der Waals surface area contributed by atoms with Gasteiger partial charge < -0.3 is 14.7 Å². The number of allylic oxidation sites excluding steroid dienone is 1. The SMILES string of the molecule is CCOC(=O)/C(N=NC1CC1)=C(\O)C(=CN(C)C)c1ccc(C)cc1. The Hall–Kier alpha value is -2.63. The molecule has 1 aromatic rings. The van der Waals surface area contributed by atoms with Crippen molar-refractivity contribution in [2.24, 2.45) is 10.2 Å². The van der Waals surface area contributed by atoms with Crippen molar-refractivity contribution in [1.29, 1.82) is 0 Å². The van der Waals surface area contributed by atoms with Crippen LogP contribution in [0, 0.1) is 6.92 Å². The maximum Gasteiger partial charge on any atom is 0.362 e. The summed E-state index contributed by atoms with van der Waals surface area (Å²) >= 11 is 0. The third-order valence-electron chi connectivity index (χ3n) is 3.57. The average Bonchev–Trinajstić information content (AvgIpc) is 3.38. The van der Waals surface area contributed by atoms with Crippen LogP contribution in [-0.4, -0.2) is 42.7 Å². The van der Waals surface area contributed by atoms with Crippen LogP contribution in [0.5, 0.6) is 0 Å². The number of azo groups is 1. The van der Waals surface area contributed by atoms with Gasteiger partial charge in [0, 0.05) is 25.9 Å². The Morgan fingerprint density at radius 3 is 2.48 bits per heavy atom. The van der Waals surface area contributed by atoms with Crippen molar-refractivity contribution < 1.29 is 14.6 Å². The highest BCUT2D eigenvalue weighted by Crippen LogP contribution is 2.28. The van der Waals surface area contributed by atoms with Crippen LogP contribution in [0.25, 0.3) is 5.57 Å². The maximum atomic E-state index is 12.3. The molecule has 0 spiro atoms. The second-order valence-corrected chi connectivity index (χ2v) is 6.24. The van der Waals surface area contributed by atoms with Gasteiger partial charge in [-0.3, -0.25) is 0 Å². The number of aryl methyl sites for hydroxylation is 1. The summed E-state index contributed by atoms with van der Waals surface area (Å²) in [7, 11) is 3.69. The summed E-state index contributed by atoms with van der Waals surface area (Å²) in [6.45, 7) is 3.90. The first kappa shape index (κ1) is 18.7. The van der Waals surface area contributed by atoms with E-state index in [4.69, 9.17) is 4.74 Å². The molecule has 0 aliphatic heterocycles. The maximum absolute atomic E-state index is 12.3. The van der Waals surface area contributed by atoms with Gasteiger partial charge in [-0.25, -0.2) is 4.79 Å². The first-order valence-corrected chi connectivity index (χ1v) is 8.39. The van der Waals surface area contributed by atoms with Crippen molar-refractivity contribution in [2.75, 3.05) is 20.7 Å². The van der Waals surface area contributed by atoms with Crippen LogP contribution in [0.1, 0.15) is 30.9 Å². The van der Waals surface area contributed by atoms with Gasteiger partial charge in [-0.2, -0.15) is 5.11 Å². The molecule has 6 heteroatoms. The van der Waals surface area contributed by atoms with Crippen LogP contribution in [-0.2, 0) is 9.53 Å². The van der Waals surface area contributed by atoms with E-state index >= 15 is 0 Å². The minimum Gasteiger partial charge on any atom is -0.505 e. The summed E-state index contributed by atoms with van der Waals surface area (Å²) in [6, 6.07) is 7.81. The second-order valence-electron chi connectivity index (χ2n) is 6.24. The van der Waals surface area contributed by atoms with Crippen molar-refractivity contribution in [2.45, 2.75) is 32.7 Å². The quantitative estimate of drug-likeness (QED) is 0.268. The van der Waals surface area contributed by atoms with Crippen molar-refractivity contribution in [1.82, 2.24) is 4.90 Å². The number of rotatable bonds is 7. The molecule has 1 aliphatic rings. The van der Waals surface area contributed by atoms with E-state index in [9.17, 15) is 9.90 Å². The predicted molar refractivity (Wildman–Crippen MR) is 97.0 cm³/mol. The predicted octanol–water partition coefficient (Wildman–Crippen LogP) is 3.84. The third-order valence-corrected chi connectivity index (χ3v) is 3.57. The fraction of sp³-hybridized carbons (Fsp3) is 0.421. The molecule has 0 atom stereocenters. The monoisotopic (exact) mass is 343 g/mol. The smallest absolute Gasteiger partial charge is 0.362 e. The molecule has 1 N–H and O–H groups in total. The first-order chi connectivity index (χ1) is 11.9. The topological polar surface area (TPSA) is 74.5 Å². The molecule has 6 nitrogen and oxygen atoms in total. The number of benzene rings is 1. The van der Waals surface area contributed by atoms with Crippen LogP contribution in [0.2, 0.25) is 0 Å². The fourth-order valence-corrected chi connectivity index (χ4v) is 2.10. The Kier molecular flexibility index (Phi) is 6.33. The lowest BCUT2D eigenvalue weighted by atomic mass is 10.0. The zero-order valence-corrected chi connectivity index (χ0v) is 15.2. The lowest BCUT2D eigenvalue weighted by Crippen LogP contribution is -2.11. The van der Waals surface area contributed by atoms with E-state index in [1.807, 2.05) is 45.3 Å². The number of esters is 1. The second kappa shape index (κ2) is 8.46. The summed E-state index contributed by atoms with van der Waals surface area (Å²) in [5.74, 6) is -0.915. The minimum absolute atomic E-state index is 0.137. The van der Waals surface area contributed by atoms with Gasteiger partial charge in [-0.05, 0) is 32.3 Å². The van der Waals surface area contributed by atoms with Crippen molar-refractivity contribution in [3.8, 4) is 0 Å². The number of hydrogen-bond acceptors (Lipinski definition) is 6. The van der Waals surface area contributed by atoms with Crippen LogP contribution >= 0.6 is 0 Å². The largest absolute Gasteiger partial charge is 0.505 e. The van der Waals surface area contributed by atoms with Gasteiger partial charge in [-0.1, -0.05) is 29.8 Å². The first-order valence-electron chi connectivity index (χ1n) is 8.39. The molecule has 2 rings (SSSR count). The Labute approximate surface area is 148 Å². The molecule has 1 fully saturated rings. The van der Waals surface area contributed by atoms with E-state index in [0.717, 1.165) is 24.0 Å². The Balaban J connectivity index is 2.50. The normalized spacial score (nSPS) is 15.9. The summed E-state index contributed by atoms with van der Waals surface area (Å²) in [5, 5.41) is 18.9. The number of carbonyl (C=O) groups is 1. The fourth-order valence-electron chi connectivity index (χ4n) is 2.10. The molecule has 0 amide bonds. The van der Waals surface area contributed by atoms with Gasteiger partial charge in [0.05, 0.1) is 12.6 Å². The van der Waals surface area contributed by atoms with E-state index in [1.54, 1.807) is 18.0 Å². The summed E-state index contributed by atoms with van der Waals surface area (Å²) in [6.07, 6.45) is 3.66. The van der Waals surface area contributed by atoms with E-state index in [2.05, 4.69) is 10.2 Å². The molecule has 0 heterocycles. The number of ether oxygens (including phenoxy) is 1. The van der Waals surface area contributed by atoms with E-state index in [1.165, 1.54) is 0 Å². The number of hydrogen-bond donors (Lipinski definition) is 1. The Bertz CT molecular complexity index is 699. The van der Waals surface area contributed by atoms with Crippen molar-refractivity contribution in [3.63, 3.8) is 0 Å². The highest BCUT2D eigenvalue weighted by Gasteiger charge is 2.24. The zero-order chi connectivity index (χ0) is 18.4. The van der Waals surface area contributed by atoms with Gasteiger partial charge >= 0.3 is 5.97 Å². The van der Waals surface area contributed by atoms with Gasteiger partial charge in [-0.15, -0.1) is 5.11 Å². The van der Waals surface area contributed by atoms with Crippen molar-refractivity contribution in [3.05, 3.63) is 53.0 Å². The molecule has 0 saturated heterocycles. The van der Waals surface area contributed by atoms with Gasteiger partial charge in [0.15, 0.2) is 5.76 Å². The molecule has 1 aromatic carbocycles. The number of aliphatic hydroxyl groups is 1. The molecule has 0 bridgehead atoms.